The SMILES string of the molecule is COc1ccc(OC(=O)c2ccccc2C)cc1. The molecule has 0 saturated heterocycles. The Kier molecular flexibility index (Phi) is 3.63. The van der Waals surface area contributed by atoms with Crippen molar-refractivity contribution < 1.29 is 14.3 Å². The molecule has 2 rings (SSSR count). The first-order valence-electron chi connectivity index (χ1n) is 5.62. The van der Waals surface area contributed by atoms with Crippen molar-refractivity contribution in [3.05, 3.63) is 59.7 Å². The van der Waals surface area contributed by atoms with Crippen molar-refractivity contribution in [2.45, 2.75) is 6.92 Å². The summed E-state index contributed by atoms with van der Waals surface area (Å²) in [6.45, 7) is 1.88. The summed E-state index contributed by atoms with van der Waals surface area (Å²) in [5.41, 5.74) is 1.48. The van der Waals surface area contributed by atoms with E-state index in [1.165, 1.54) is 0 Å². The van der Waals surface area contributed by atoms with Crippen molar-refractivity contribution >= 4 is 5.97 Å². The van der Waals surface area contributed by atoms with Crippen LogP contribution in [0.3, 0.4) is 0 Å². The number of carbonyl (C=O) groups excluding carboxylic acids is 1. The maximum Gasteiger partial charge on any atom is 0.343 e. The predicted molar refractivity (Wildman–Crippen MR) is 69.1 cm³/mol. The van der Waals surface area contributed by atoms with Crippen molar-refractivity contribution in [1.29, 1.82) is 0 Å². The molecule has 0 spiro atoms. The normalized spacial score (nSPS) is 9.89. The zero-order valence-corrected chi connectivity index (χ0v) is 10.3. The minimum Gasteiger partial charge on any atom is -0.497 e. The number of hydrogen-bond donors (Lipinski definition) is 0. The van der Waals surface area contributed by atoms with Crippen LogP contribution >= 0.6 is 0 Å². The Morgan fingerprint density at radius 2 is 1.56 bits per heavy atom. The first-order chi connectivity index (χ1) is 8.70. The van der Waals surface area contributed by atoms with Gasteiger partial charge in [0.15, 0.2) is 0 Å². The van der Waals surface area contributed by atoms with E-state index >= 15 is 0 Å². The topological polar surface area (TPSA) is 35.5 Å². The number of benzene rings is 2. The number of methoxy groups -OCH3 is 1. The molecule has 0 radical (unpaired) electrons. The lowest BCUT2D eigenvalue weighted by atomic mass is 10.1. The lowest BCUT2D eigenvalue weighted by Crippen LogP contribution is -2.09. The Morgan fingerprint density at radius 3 is 2.17 bits per heavy atom. The van der Waals surface area contributed by atoms with E-state index in [1.807, 2.05) is 25.1 Å². The first-order valence-corrected chi connectivity index (χ1v) is 5.62. The highest BCUT2D eigenvalue weighted by Gasteiger charge is 2.10. The molecule has 0 aromatic heterocycles. The van der Waals surface area contributed by atoms with Gasteiger partial charge in [-0.05, 0) is 42.8 Å². The van der Waals surface area contributed by atoms with Crippen LogP contribution in [0.5, 0.6) is 11.5 Å². The lowest BCUT2D eigenvalue weighted by molar-refractivity contribution is 0.0734. The molecule has 2 aromatic rings. The van der Waals surface area contributed by atoms with Gasteiger partial charge in [0.1, 0.15) is 11.5 Å². The van der Waals surface area contributed by atoms with Crippen LogP contribution in [-0.2, 0) is 0 Å². The molecule has 0 aliphatic heterocycles. The molecule has 0 amide bonds. The van der Waals surface area contributed by atoms with Crippen LogP contribution in [0.1, 0.15) is 15.9 Å². The zero-order valence-electron chi connectivity index (χ0n) is 10.3. The lowest BCUT2D eigenvalue weighted by Gasteiger charge is -2.07. The molecule has 2 aromatic carbocycles. The highest BCUT2D eigenvalue weighted by atomic mass is 16.5. The van der Waals surface area contributed by atoms with E-state index in [0.29, 0.717) is 11.3 Å². The van der Waals surface area contributed by atoms with Crippen molar-refractivity contribution in [2.24, 2.45) is 0 Å². The van der Waals surface area contributed by atoms with Gasteiger partial charge in [0.25, 0.3) is 0 Å². The summed E-state index contributed by atoms with van der Waals surface area (Å²) in [6, 6.07) is 14.2. The number of hydrogen-bond acceptors (Lipinski definition) is 3. The number of esters is 1. The van der Waals surface area contributed by atoms with Gasteiger partial charge in [-0.3, -0.25) is 0 Å². The maximum absolute atomic E-state index is 11.9. The van der Waals surface area contributed by atoms with Gasteiger partial charge in [-0.2, -0.15) is 0 Å². The number of aryl methyl sites for hydroxylation is 1. The van der Waals surface area contributed by atoms with Crippen molar-refractivity contribution in [1.82, 2.24) is 0 Å². The van der Waals surface area contributed by atoms with E-state index in [2.05, 4.69) is 0 Å². The Hall–Kier alpha value is -2.29. The monoisotopic (exact) mass is 242 g/mol. The van der Waals surface area contributed by atoms with E-state index in [-0.39, 0.29) is 5.97 Å². The summed E-state index contributed by atoms with van der Waals surface area (Å²) >= 11 is 0. The predicted octanol–water partition coefficient (Wildman–Crippen LogP) is 3.22. The molecule has 0 aliphatic rings. The minimum absolute atomic E-state index is 0.349. The third-order valence-electron chi connectivity index (χ3n) is 2.63. The average molecular weight is 242 g/mol. The molecule has 0 fully saturated rings. The second kappa shape index (κ2) is 5.36. The average Bonchev–Trinajstić information content (AvgIpc) is 2.40. The van der Waals surface area contributed by atoms with Crippen molar-refractivity contribution in [3.8, 4) is 11.5 Å². The van der Waals surface area contributed by atoms with Crippen LogP contribution in [0.25, 0.3) is 0 Å². The van der Waals surface area contributed by atoms with Gasteiger partial charge >= 0.3 is 5.97 Å². The van der Waals surface area contributed by atoms with Gasteiger partial charge in [0.05, 0.1) is 12.7 Å². The molecule has 18 heavy (non-hydrogen) atoms. The Bertz CT molecular complexity index is 544. The van der Waals surface area contributed by atoms with Crippen LogP contribution in [0.2, 0.25) is 0 Å². The summed E-state index contributed by atoms with van der Waals surface area (Å²) in [5, 5.41) is 0. The molecule has 0 aliphatic carbocycles. The molecule has 92 valence electrons. The van der Waals surface area contributed by atoms with Gasteiger partial charge in [-0.15, -0.1) is 0 Å². The zero-order chi connectivity index (χ0) is 13.0. The fraction of sp³-hybridized carbons (Fsp3) is 0.133. The van der Waals surface area contributed by atoms with E-state index in [4.69, 9.17) is 9.47 Å². The number of ether oxygens (including phenoxy) is 2. The molecule has 3 heteroatoms. The molecule has 3 nitrogen and oxygen atoms in total. The smallest absolute Gasteiger partial charge is 0.343 e. The number of carbonyl (C=O) groups is 1. The molecule has 0 atom stereocenters. The molecule has 0 heterocycles. The fourth-order valence-corrected chi connectivity index (χ4v) is 1.61. The highest BCUT2D eigenvalue weighted by Crippen LogP contribution is 2.19. The van der Waals surface area contributed by atoms with Gasteiger partial charge < -0.3 is 9.47 Å². The van der Waals surface area contributed by atoms with E-state index in [0.717, 1.165) is 11.3 Å². The Morgan fingerprint density at radius 1 is 0.944 bits per heavy atom. The molecule has 0 N–H and O–H groups in total. The summed E-state index contributed by atoms with van der Waals surface area (Å²) < 4.78 is 10.3. The van der Waals surface area contributed by atoms with Crippen LogP contribution in [0.4, 0.5) is 0 Å². The molecule has 0 bridgehead atoms. The summed E-state index contributed by atoms with van der Waals surface area (Å²) in [4.78, 5) is 11.9. The quantitative estimate of drug-likeness (QED) is 0.612. The van der Waals surface area contributed by atoms with Crippen LogP contribution in [0.15, 0.2) is 48.5 Å². The highest BCUT2D eigenvalue weighted by molar-refractivity contribution is 5.92. The van der Waals surface area contributed by atoms with Crippen LogP contribution in [0, 0.1) is 6.92 Å². The van der Waals surface area contributed by atoms with Gasteiger partial charge in [0.2, 0.25) is 0 Å². The number of rotatable bonds is 3. The van der Waals surface area contributed by atoms with Crippen LogP contribution < -0.4 is 9.47 Å². The van der Waals surface area contributed by atoms with Gasteiger partial charge in [-0.1, -0.05) is 18.2 Å². The van der Waals surface area contributed by atoms with Crippen molar-refractivity contribution in [3.63, 3.8) is 0 Å². The summed E-state index contributed by atoms with van der Waals surface area (Å²) in [6.07, 6.45) is 0. The van der Waals surface area contributed by atoms with E-state index in [9.17, 15) is 4.79 Å². The molecule has 0 saturated carbocycles. The summed E-state index contributed by atoms with van der Waals surface area (Å²) in [5.74, 6) is 0.882. The second-order valence-corrected chi connectivity index (χ2v) is 3.88. The first kappa shape index (κ1) is 12.2. The van der Waals surface area contributed by atoms with E-state index in [1.54, 1.807) is 37.4 Å². The molecular formula is C15H14O3. The minimum atomic E-state index is -0.349. The van der Waals surface area contributed by atoms with Crippen LogP contribution in [-0.4, -0.2) is 13.1 Å². The van der Waals surface area contributed by atoms with Gasteiger partial charge in [0, 0.05) is 0 Å². The van der Waals surface area contributed by atoms with Gasteiger partial charge in [-0.25, -0.2) is 4.79 Å². The van der Waals surface area contributed by atoms with Crippen molar-refractivity contribution in [2.75, 3.05) is 7.11 Å². The Labute approximate surface area is 106 Å². The molecule has 0 unspecified atom stereocenters. The molecular weight excluding hydrogens is 228 g/mol. The summed E-state index contributed by atoms with van der Waals surface area (Å²) in [7, 11) is 1.59. The standard InChI is InChI=1S/C15H14O3/c1-11-5-3-4-6-14(11)15(16)18-13-9-7-12(17-2)8-10-13/h3-10H,1-2H3. The third-order valence-corrected chi connectivity index (χ3v) is 2.63. The second-order valence-electron chi connectivity index (χ2n) is 3.88. The third kappa shape index (κ3) is 2.69. The fourth-order valence-electron chi connectivity index (χ4n) is 1.61. The largest absolute Gasteiger partial charge is 0.497 e. The Balaban J connectivity index is 2.14. The maximum atomic E-state index is 11.9. The van der Waals surface area contributed by atoms with E-state index < -0.39 is 0 Å².